The number of nitrogen functional groups attached to an aromatic ring is 1. The van der Waals surface area contributed by atoms with E-state index in [0.717, 1.165) is 10.7 Å². The maximum Gasteiger partial charge on any atom is 0.267 e. The number of nitrogens with zero attached hydrogens (tertiary/aromatic N) is 3. The monoisotopic (exact) mass is 264 g/mol. The minimum atomic E-state index is -0.170. The first-order valence-corrected chi connectivity index (χ1v) is 6.53. The van der Waals surface area contributed by atoms with Crippen LogP contribution in [0.1, 0.15) is 31.5 Å². The van der Waals surface area contributed by atoms with Crippen LogP contribution in [0, 0.1) is 0 Å². The van der Waals surface area contributed by atoms with Crippen molar-refractivity contribution in [3.05, 3.63) is 38.6 Å². The molecule has 0 aliphatic carbocycles. The van der Waals surface area contributed by atoms with Crippen molar-refractivity contribution in [2.45, 2.75) is 32.7 Å². The van der Waals surface area contributed by atoms with Gasteiger partial charge < -0.3 is 5.73 Å². The second-order valence-corrected chi connectivity index (χ2v) is 6.07. The fourth-order valence-electron chi connectivity index (χ4n) is 1.43. The quantitative estimate of drug-likeness (QED) is 0.894. The lowest BCUT2D eigenvalue weighted by Crippen LogP contribution is -2.23. The first kappa shape index (κ1) is 12.8. The Labute approximate surface area is 109 Å². The van der Waals surface area contributed by atoms with E-state index in [-0.39, 0.29) is 11.0 Å². The summed E-state index contributed by atoms with van der Waals surface area (Å²) in [6, 6.07) is 2.92. The van der Waals surface area contributed by atoms with Crippen molar-refractivity contribution in [1.29, 1.82) is 0 Å². The third-order valence-electron chi connectivity index (χ3n) is 2.49. The van der Waals surface area contributed by atoms with Crippen molar-refractivity contribution in [1.82, 2.24) is 14.8 Å². The number of aromatic nitrogens is 3. The van der Waals surface area contributed by atoms with E-state index in [1.807, 2.05) is 5.38 Å². The molecule has 2 heterocycles. The SMILES string of the molecule is CC(C)(C)c1csc(Cn2nc(N)ccc2=O)n1. The van der Waals surface area contributed by atoms with Crippen molar-refractivity contribution < 1.29 is 0 Å². The molecule has 0 aliphatic heterocycles. The molecule has 18 heavy (non-hydrogen) atoms. The van der Waals surface area contributed by atoms with Gasteiger partial charge in [0.25, 0.3) is 5.56 Å². The fourth-order valence-corrected chi connectivity index (χ4v) is 2.44. The molecule has 0 unspecified atom stereocenters. The largest absolute Gasteiger partial charge is 0.382 e. The molecule has 0 aliphatic rings. The number of thiazole rings is 1. The van der Waals surface area contributed by atoms with Crippen LogP contribution in [0.25, 0.3) is 0 Å². The summed E-state index contributed by atoms with van der Waals surface area (Å²) >= 11 is 1.53. The zero-order chi connectivity index (χ0) is 13.3. The van der Waals surface area contributed by atoms with Crippen LogP contribution in [0.5, 0.6) is 0 Å². The summed E-state index contributed by atoms with van der Waals surface area (Å²) in [5.41, 5.74) is 6.44. The molecule has 0 radical (unpaired) electrons. The molecule has 96 valence electrons. The molecule has 0 aromatic carbocycles. The van der Waals surface area contributed by atoms with Crippen LogP contribution in [0.15, 0.2) is 22.3 Å². The molecule has 0 saturated carbocycles. The highest BCUT2D eigenvalue weighted by atomic mass is 32.1. The zero-order valence-corrected chi connectivity index (χ0v) is 11.5. The van der Waals surface area contributed by atoms with Crippen molar-refractivity contribution in [2.24, 2.45) is 0 Å². The van der Waals surface area contributed by atoms with Gasteiger partial charge in [-0.2, -0.15) is 5.10 Å². The van der Waals surface area contributed by atoms with Gasteiger partial charge in [-0.3, -0.25) is 4.79 Å². The standard InChI is InChI=1S/C12H16N4OS/c1-12(2,3)8-7-18-10(14-8)6-16-11(17)5-4-9(13)15-16/h4-5,7H,6H2,1-3H3,(H2,13,15). The average Bonchev–Trinajstić information content (AvgIpc) is 2.71. The summed E-state index contributed by atoms with van der Waals surface area (Å²) in [4.78, 5) is 16.1. The van der Waals surface area contributed by atoms with E-state index in [1.165, 1.54) is 28.2 Å². The van der Waals surface area contributed by atoms with Crippen LogP contribution >= 0.6 is 11.3 Å². The number of nitrogens with two attached hydrogens (primary N) is 1. The number of anilines is 1. The lowest BCUT2D eigenvalue weighted by atomic mass is 9.93. The Morgan fingerprint density at radius 1 is 1.39 bits per heavy atom. The second-order valence-electron chi connectivity index (χ2n) is 5.13. The second kappa shape index (κ2) is 4.53. The highest BCUT2D eigenvalue weighted by molar-refractivity contribution is 7.09. The van der Waals surface area contributed by atoms with Gasteiger partial charge in [0, 0.05) is 16.9 Å². The van der Waals surface area contributed by atoms with Gasteiger partial charge in [0.2, 0.25) is 0 Å². The lowest BCUT2D eigenvalue weighted by molar-refractivity contribution is 0.566. The third kappa shape index (κ3) is 2.76. The maximum atomic E-state index is 11.6. The van der Waals surface area contributed by atoms with Crippen molar-refractivity contribution >= 4 is 17.2 Å². The van der Waals surface area contributed by atoms with Crippen LogP contribution in [0.3, 0.4) is 0 Å². The van der Waals surface area contributed by atoms with E-state index in [4.69, 9.17) is 5.73 Å². The van der Waals surface area contributed by atoms with Crippen LogP contribution in [0.2, 0.25) is 0 Å². The summed E-state index contributed by atoms with van der Waals surface area (Å²) in [7, 11) is 0. The normalized spacial score (nSPS) is 11.7. The van der Waals surface area contributed by atoms with E-state index >= 15 is 0 Å². The predicted octanol–water partition coefficient (Wildman–Crippen LogP) is 1.63. The first-order chi connectivity index (χ1) is 8.36. The van der Waals surface area contributed by atoms with Crippen molar-refractivity contribution in [2.75, 3.05) is 5.73 Å². The molecule has 0 atom stereocenters. The fraction of sp³-hybridized carbons (Fsp3) is 0.417. The molecule has 2 aromatic rings. The smallest absolute Gasteiger partial charge is 0.267 e. The minimum Gasteiger partial charge on any atom is -0.382 e. The van der Waals surface area contributed by atoms with E-state index in [1.54, 1.807) is 0 Å². The molecule has 0 spiro atoms. The molecule has 6 heteroatoms. The van der Waals surface area contributed by atoms with Gasteiger partial charge in [-0.05, 0) is 6.07 Å². The number of hydrogen-bond donors (Lipinski definition) is 1. The van der Waals surface area contributed by atoms with Gasteiger partial charge in [0.15, 0.2) is 0 Å². The van der Waals surface area contributed by atoms with Gasteiger partial charge in [-0.1, -0.05) is 20.8 Å². The van der Waals surface area contributed by atoms with Crippen LogP contribution in [-0.2, 0) is 12.0 Å². The first-order valence-electron chi connectivity index (χ1n) is 5.65. The maximum absolute atomic E-state index is 11.6. The molecule has 0 amide bonds. The third-order valence-corrected chi connectivity index (χ3v) is 3.33. The van der Waals surface area contributed by atoms with Gasteiger partial charge in [0.05, 0.1) is 12.2 Å². The van der Waals surface area contributed by atoms with Crippen LogP contribution in [-0.4, -0.2) is 14.8 Å². The van der Waals surface area contributed by atoms with E-state index in [9.17, 15) is 4.79 Å². The summed E-state index contributed by atoms with van der Waals surface area (Å²) in [6.07, 6.45) is 0. The molecular formula is C12H16N4OS. The summed E-state index contributed by atoms with van der Waals surface area (Å²) < 4.78 is 1.33. The van der Waals surface area contributed by atoms with Crippen LogP contribution < -0.4 is 11.3 Å². The number of rotatable bonds is 2. The summed E-state index contributed by atoms with van der Waals surface area (Å²) in [5, 5.41) is 6.87. The Morgan fingerprint density at radius 3 is 2.72 bits per heavy atom. The number of hydrogen-bond acceptors (Lipinski definition) is 5. The van der Waals surface area contributed by atoms with Gasteiger partial charge in [-0.25, -0.2) is 9.67 Å². The summed E-state index contributed by atoms with van der Waals surface area (Å²) in [5.74, 6) is 0.335. The molecule has 5 nitrogen and oxygen atoms in total. The predicted molar refractivity (Wildman–Crippen MR) is 72.8 cm³/mol. The van der Waals surface area contributed by atoms with E-state index in [0.29, 0.717) is 12.4 Å². The molecule has 0 saturated heterocycles. The lowest BCUT2D eigenvalue weighted by Gasteiger charge is -2.14. The Morgan fingerprint density at radius 2 is 2.11 bits per heavy atom. The molecule has 0 fully saturated rings. The Balaban J connectivity index is 2.27. The van der Waals surface area contributed by atoms with Gasteiger partial charge >= 0.3 is 0 Å². The Bertz CT molecular complexity index is 609. The Kier molecular flexibility index (Phi) is 3.21. The highest BCUT2D eigenvalue weighted by Gasteiger charge is 2.17. The molecule has 2 N–H and O–H groups in total. The topological polar surface area (TPSA) is 73.8 Å². The van der Waals surface area contributed by atoms with Gasteiger partial charge in [0.1, 0.15) is 10.8 Å². The minimum absolute atomic E-state index is 0.0167. The van der Waals surface area contributed by atoms with Gasteiger partial charge in [-0.15, -0.1) is 11.3 Å². The van der Waals surface area contributed by atoms with E-state index in [2.05, 4.69) is 30.9 Å². The Hall–Kier alpha value is -1.69. The molecule has 0 bridgehead atoms. The van der Waals surface area contributed by atoms with Crippen LogP contribution in [0.4, 0.5) is 5.82 Å². The molecule has 2 rings (SSSR count). The zero-order valence-electron chi connectivity index (χ0n) is 10.7. The summed E-state index contributed by atoms with van der Waals surface area (Å²) in [6.45, 7) is 6.69. The van der Waals surface area contributed by atoms with Crippen molar-refractivity contribution in [3.8, 4) is 0 Å². The highest BCUT2D eigenvalue weighted by Crippen LogP contribution is 2.23. The average molecular weight is 264 g/mol. The molecular weight excluding hydrogens is 248 g/mol. The molecule has 2 aromatic heterocycles. The van der Waals surface area contributed by atoms with E-state index < -0.39 is 0 Å². The van der Waals surface area contributed by atoms with Crippen molar-refractivity contribution in [3.63, 3.8) is 0 Å².